The normalized spacial score (nSPS) is 28.4. The van der Waals surface area contributed by atoms with Crippen molar-refractivity contribution in [3.63, 3.8) is 0 Å². The summed E-state index contributed by atoms with van der Waals surface area (Å²) in [6.45, 7) is 4.80. The first-order valence-electron chi connectivity index (χ1n) is 9.49. The highest BCUT2D eigenvalue weighted by Gasteiger charge is 2.33. The fourth-order valence-electron chi connectivity index (χ4n) is 4.28. The molecule has 1 heterocycles. The Morgan fingerprint density at radius 2 is 2.00 bits per heavy atom. The maximum atomic E-state index is 13.0. The van der Waals surface area contributed by atoms with Crippen LogP contribution in [-0.4, -0.2) is 47.4 Å². The summed E-state index contributed by atoms with van der Waals surface area (Å²) in [6, 6.07) is 8.63. The molecule has 5 heteroatoms. The zero-order chi connectivity index (χ0) is 17.8. The summed E-state index contributed by atoms with van der Waals surface area (Å²) in [4.78, 5) is 14.9. The molecular weight excluding hydrogens is 316 g/mol. The van der Waals surface area contributed by atoms with Crippen molar-refractivity contribution in [1.29, 1.82) is 0 Å². The lowest BCUT2D eigenvalue weighted by molar-refractivity contribution is -0.0409. The lowest BCUT2D eigenvalue weighted by Crippen LogP contribution is -2.50. The highest BCUT2D eigenvalue weighted by Crippen LogP contribution is 2.35. The van der Waals surface area contributed by atoms with Crippen molar-refractivity contribution in [2.75, 3.05) is 13.2 Å². The van der Waals surface area contributed by atoms with Crippen LogP contribution in [-0.2, 0) is 11.2 Å². The SMILES string of the molecule is CC1CC(NC(=O)N(CCCO)C2CCc3ccccc32)CC(C)O1. The van der Waals surface area contributed by atoms with Crippen LogP contribution in [0.15, 0.2) is 24.3 Å². The minimum atomic E-state index is -0.0125. The molecule has 1 fully saturated rings. The van der Waals surface area contributed by atoms with Gasteiger partial charge in [-0.1, -0.05) is 24.3 Å². The maximum Gasteiger partial charge on any atom is 0.318 e. The van der Waals surface area contributed by atoms with E-state index in [1.165, 1.54) is 11.1 Å². The van der Waals surface area contributed by atoms with Gasteiger partial charge in [-0.15, -0.1) is 0 Å². The van der Waals surface area contributed by atoms with E-state index >= 15 is 0 Å². The van der Waals surface area contributed by atoms with Crippen molar-refractivity contribution in [3.05, 3.63) is 35.4 Å². The number of ether oxygens (including phenoxy) is 1. The number of amides is 2. The van der Waals surface area contributed by atoms with E-state index in [-0.39, 0.29) is 36.9 Å². The number of benzene rings is 1. The first kappa shape index (κ1) is 18.2. The van der Waals surface area contributed by atoms with Gasteiger partial charge in [-0.2, -0.15) is 0 Å². The summed E-state index contributed by atoms with van der Waals surface area (Å²) < 4.78 is 5.77. The van der Waals surface area contributed by atoms with Gasteiger partial charge in [0, 0.05) is 19.2 Å². The summed E-state index contributed by atoms with van der Waals surface area (Å²) in [6.07, 6.45) is 4.62. The van der Waals surface area contributed by atoms with Crippen LogP contribution in [0.4, 0.5) is 4.79 Å². The molecule has 3 unspecified atom stereocenters. The zero-order valence-electron chi connectivity index (χ0n) is 15.3. The molecular formula is C20H30N2O3. The largest absolute Gasteiger partial charge is 0.396 e. The van der Waals surface area contributed by atoms with E-state index in [9.17, 15) is 9.90 Å². The summed E-state index contributed by atoms with van der Waals surface area (Å²) in [5, 5.41) is 12.5. The topological polar surface area (TPSA) is 61.8 Å². The summed E-state index contributed by atoms with van der Waals surface area (Å²) in [5.41, 5.74) is 2.59. The first-order valence-corrected chi connectivity index (χ1v) is 9.49. The Morgan fingerprint density at radius 1 is 1.28 bits per heavy atom. The van der Waals surface area contributed by atoms with Crippen molar-refractivity contribution in [3.8, 4) is 0 Å². The highest BCUT2D eigenvalue weighted by atomic mass is 16.5. The predicted octanol–water partition coefficient (Wildman–Crippen LogP) is 3.02. The smallest absolute Gasteiger partial charge is 0.318 e. The van der Waals surface area contributed by atoms with E-state index in [1.54, 1.807) is 0 Å². The van der Waals surface area contributed by atoms with Crippen LogP contribution >= 0.6 is 0 Å². The van der Waals surface area contributed by atoms with Crippen molar-refractivity contribution in [2.45, 2.75) is 70.2 Å². The number of fused-ring (bicyclic) bond motifs is 1. The van der Waals surface area contributed by atoms with Gasteiger partial charge >= 0.3 is 6.03 Å². The van der Waals surface area contributed by atoms with E-state index in [0.717, 1.165) is 25.7 Å². The van der Waals surface area contributed by atoms with Crippen molar-refractivity contribution in [1.82, 2.24) is 10.2 Å². The number of carbonyl (C=O) groups is 1. The van der Waals surface area contributed by atoms with Crippen LogP contribution in [0.25, 0.3) is 0 Å². The maximum absolute atomic E-state index is 13.0. The number of nitrogens with zero attached hydrogens (tertiary/aromatic N) is 1. The third-order valence-electron chi connectivity index (χ3n) is 5.32. The molecule has 0 radical (unpaired) electrons. The Hall–Kier alpha value is -1.59. The molecule has 2 amide bonds. The first-order chi connectivity index (χ1) is 12.1. The number of carbonyl (C=O) groups excluding carboxylic acids is 1. The molecule has 5 nitrogen and oxygen atoms in total. The van der Waals surface area contributed by atoms with Crippen LogP contribution in [0, 0.1) is 0 Å². The molecule has 2 N–H and O–H groups in total. The number of rotatable bonds is 5. The number of aliphatic hydroxyl groups excluding tert-OH is 1. The molecule has 138 valence electrons. The quantitative estimate of drug-likeness (QED) is 0.861. The Balaban J connectivity index is 1.71. The van der Waals surface area contributed by atoms with Gasteiger partial charge in [0.25, 0.3) is 0 Å². The highest BCUT2D eigenvalue weighted by molar-refractivity contribution is 5.75. The lowest BCUT2D eigenvalue weighted by atomic mass is 10.00. The molecule has 25 heavy (non-hydrogen) atoms. The fraction of sp³-hybridized carbons (Fsp3) is 0.650. The van der Waals surface area contributed by atoms with Crippen molar-refractivity contribution >= 4 is 6.03 Å². The van der Waals surface area contributed by atoms with Crippen LogP contribution in [0.3, 0.4) is 0 Å². The van der Waals surface area contributed by atoms with Crippen LogP contribution in [0.5, 0.6) is 0 Å². The molecule has 3 rings (SSSR count). The Kier molecular flexibility index (Phi) is 5.97. The number of hydrogen-bond acceptors (Lipinski definition) is 3. The van der Waals surface area contributed by atoms with Crippen molar-refractivity contribution in [2.24, 2.45) is 0 Å². The van der Waals surface area contributed by atoms with Crippen LogP contribution in [0.2, 0.25) is 0 Å². The molecule has 0 bridgehead atoms. The van der Waals surface area contributed by atoms with Gasteiger partial charge < -0.3 is 20.1 Å². The lowest BCUT2D eigenvalue weighted by Gasteiger charge is -2.36. The predicted molar refractivity (Wildman–Crippen MR) is 97.5 cm³/mol. The van der Waals surface area contributed by atoms with Crippen LogP contribution < -0.4 is 5.32 Å². The second-order valence-corrected chi connectivity index (χ2v) is 7.40. The minimum absolute atomic E-state index is 0.0125. The summed E-state index contributed by atoms with van der Waals surface area (Å²) in [7, 11) is 0. The Bertz CT molecular complexity index is 582. The zero-order valence-corrected chi connectivity index (χ0v) is 15.3. The molecule has 1 aromatic rings. The van der Waals surface area contributed by atoms with E-state index in [0.29, 0.717) is 13.0 Å². The summed E-state index contributed by atoms with van der Waals surface area (Å²) in [5.74, 6) is 0. The number of nitrogens with one attached hydrogen (secondary N) is 1. The van der Waals surface area contributed by atoms with E-state index < -0.39 is 0 Å². The van der Waals surface area contributed by atoms with E-state index in [1.807, 2.05) is 11.0 Å². The molecule has 3 atom stereocenters. The molecule has 0 spiro atoms. The van der Waals surface area contributed by atoms with Gasteiger partial charge in [-0.3, -0.25) is 0 Å². The summed E-state index contributed by atoms with van der Waals surface area (Å²) >= 11 is 0. The number of urea groups is 1. The monoisotopic (exact) mass is 346 g/mol. The minimum Gasteiger partial charge on any atom is -0.396 e. The average Bonchev–Trinajstić information content (AvgIpc) is 2.98. The Labute approximate surface area is 150 Å². The molecule has 0 aromatic heterocycles. The molecule has 1 aromatic carbocycles. The number of aryl methyl sites for hydroxylation is 1. The van der Waals surface area contributed by atoms with Gasteiger partial charge in [0.05, 0.1) is 18.2 Å². The molecule has 1 aliphatic heterocycles. The van der Waals surface area contributed by atoms with Gasteiger partial charge in [-0.05, 0) is 57.1 Å². The Morgan fingerprint density at radius 3 is 2.72 bits per heavy atom. The molecule has 1 aliphatic carbocycles. The van der Waals surface area contributed by atoms with Gasteiger partial charge in [0.15, 0.2) is 0 Å². The average molecular weight is 346 g/mol. The van der Waals surface area contributed by atoms with Gasteiger partial charge in [-0.25, -0.2) is 4.79 Å². The standard InChI is InChI=1S/C20H30N2O3/c1-14-12-17(13-15(2)25-14)21-20(24)22(10-5-11-23)19-9-8-16-6-3-4-7-18(16)19/h3-4,6-7,14-15,17,19,23H,5,8-13H2,1-2H3,(H,21,24). The van der Waals surface area contributed by atoms with Crippen LogP contribution in [0.1, 0.15) is 56.7 Å². The molecule has 2 aliphatic rings. The van der Waals surface area contributed by atoms with Gasteiger partial charge in [0.1, 0.15) is 0 Å². The molecule has 1 saturated heterocycles. The number of hydrogen-bond donors (Lipinski definition) is 2. The fourth-order valence-corrected chi connectivity index (χ4v) is 4.28. The van der Waals surface area contributed by atoms with E-state index in [4.69, 9.17) is 4.74 Å². The van der Waals surface area contributed by atoms with Crippen molar-refractivity contribution < 1.29 is 14.6 Å². The second-order valence-electron chi connectivity index (χ2n) is 7.40. The van der Waals surface area contributed by atoms with Gasteiger partial charge in [0.2, 0.25) is 0 Å². The second kappa shape index (κ2) is 8.19. The third-order valence-corrected chi connectivity index (χ3v) is 5.32. The van der Waals surface area contributed by atoms with E-state index in [2.05, 4.69) is 37.4 Å². The molecule has 0 saturated carbocycles. The third kappa shape index (κ3) is 4.33. The number of aliphatic hydroxyl groups is 1.